The Balaban J connectivity index is 1.94. The van der Waals surface area contributed by atoms with Crippen LogP contribution >= 0.6 is 0 Å². The molecule has 0 aliphatic carbocycles. The minimum absolute atomic E-state index is 0.0476. The van der Waals surface area contributed by atoms with Crippen LogP contribution in [0.5, 0.6) is 0 Å². The number of para-hydroxylation sites is 1. The van der Waals surface area contributed by atoms with Crippen LogP contribution in [0.15, 0.2) is 54.6 Å². The van der Waals surface area contributed by atoms with Gasteiger partial charge in [0.25, 0.3) is 0 Å². The molecule has 3 heteroatoms. The van der Waals surface area contributed by atoms with E-state index in [9.17, 15) is 4.79 Å². The molecule has 3 rings (SSSR count). The Morgan fingerprint density at radius 1 is 1.14 bits per heavy atom. The lowest BCUT2D eigenvalue weighted by Crippen LogP contribution is -2.37. The van der Waals surface area contributed by atoms with E-state index in [0.29, 0.717) is 13.0 Å². The molecule has 0 saturated heterocycles. The fraction of sp³-hybridized carbons (Fsp3) is 0.316. The molecule has 0 bridgehead atoms. The van der Waals surface area contributed by atoms with Gasteiger partial charge in [0, 0.05) is 12.2 Å². The second-order valence-corrected chi connectivity index (χ2v) is 5.50. The van der Waals surface area contributed by atoms with E-state index in [1.807, 2.05) is 31.2 Å². The van der Waals surface area contributed by atoms with Gasteiger partial charge in [-0.25, -0.2) is 0 Å². The third-order valence-corrected chi connectivity index (χ3v) is 4.17. The van der Waals surface area contributed by atoms with Crippen molar-refractivity contribution in [3.05, 3.63) is 65.7 Å². The van der Waals surface area contributed by atoms with Crippen LogP contribution in [-0.2, 0) is 16.0 Å². The van der Waals surface area contributed by atoms with Gasteiger partial charge in [0.1, 0.15) is 0 Å². The SMILES string of the molecule is CCOC(=O)CC1c2ccccc2CCN1c1ccccc1. The quantitative estimate of drug-likeness (QED) is 0.805. The highest BCUT2D eigenvalue weighted by Gasteiger charge is 2.29. The first kappa shape index (κ1) is 14.6. The van der Waals surface area contributed by atoms with Crippen molar-refractivity contribution in [2.45, 2.75) is 25.8 Å². The van der Waals surface area contributed by atoms with Crippen LogP contribution in [0.2, 0.25) is 0 Å². The van der Waals surface area contributed by atoms with E-state index in [2.05, 4.69) is 35.2 Å². The van der Waals surface area contributed by atoms with E-state index in [4.69, 9.17) is 4.74 Å². The first-order valence-electron chi connectivity index (χ1n) is 7.84. The summed E-state index contributed by atoms with van der Waals surface area (Å²) in [5, 5.41) is 0. The molecule has 22 heavy (non-hydrogen) atoms. The van der Waals surface area contributed by atoms with Gasteiger partial charge in [0.2, 0.25) is 0 Å². The first-order valence-corrected chi connectivity index (χ1v) is 7.84. The molecule has 114 valence electrons. The summed E-state index contributed by atoms with van der Waals surface area (Å²) >= 11 is 0. The molecule has 2 aromatic carbocycles. The number of carbonyl (C=O) groups is 1. The van der Waals surface area contributed by atoms with Crippen molar-refractivity contribution in [1.29, 1.82) is 0 Å². The fourth-order valence-electron chi connectivity index (χ4n) is 3.18. The summed E-state index contributed by atoms with van der Waals surface area (Å²) in [4.78, 5) is 14.4. The highest BCUT2D eigenvalue weighted by atomic mass is 16.5. The molecule has 0 radical (unpaired) electrons. The number of esters is 1. The summed E-state index contributed by atoms with van der Waals surface area (Å²) in [5.74, 6) is -0.134. The number of rotatable bonds is 4. The normalized spacial score (nSPS) is 17.0. The van der Waals surface area contributed by atoms with Crippen LogP contribution in [0.25, 0.3) is 0 Å². The summed E-state index contributed by atoms with van der Waals surface area (Å²) in [5.41, 5.74) is 3.74. The van der Waals surface area contributed by atoms with Gasteiger partial charge in [-0.05, 0) is 36.6 Å². The summed E-state index contributed by atoms with van der Waals surface area (Å²) in [6.45, 7) is 3.20. The molecular weight excluding hydrogens is 274 g/mol. The van der Waals surface area contributed by atoms with E-state index in [-0.39, 0.29) is 12.0 Å². The maximum atomic E-state index is 12.0. The minimum atomic E-state index is -0.134. The van der Waals surface area contributed by atoms with E-state index in [1.165, 1.54) is 11.1 Å². The van der Waals surface area contributed by atoms with Crippen LogP contribution in [0.3, 0.4) is 0 Å². The summed E-state index contributed by atoms with van der Waals surface area (Å²) in [6.07, 6.45) is 1.39. The average Bonchev–Trinajstić information content (AvgIpc) is 2.56. The lowest BCUT2D eigenvalue weighted by molar-refractivity contribution is -0.143. The molecule has 1 atom stereocenters. The standard InChI is InChI=1S/C19H21NO2/c1-2-22-19(21)14-18-17-11-7-6-8-15(17)12-13-20(18)16-9-4-3-5-10-16/h3-11,18H,2,12-14H2,1H3. The number of hydrogen-bond donors (Lipinski definition) is 0. The lowest BCUT2D eigenvalue weighted by Gasteiger charge is -2.38. The monoisotopic (exact) mass is 295 g/mol. The zero-order chi connectivity index (χ0) is 15.4. The Bertz CT molecular complexity index is 639. The summed E-state index contributed by atoms with van der Waals surface area (Å²) < 4.78 is 5.18. The number of hydrogen-bond acceptors (Lipinski definition) is 3. The average molecular weight is 295 g/mol. The largest absolute Gasteiger partial charge is 0.466 e. The van der Waals surface area contributed by atoms with Crippen molar-refractivity contribution in [2.75, 3.05) is 18.1 Å². The van der Waals surface area contributed by atoms with Gasteiger partial charge in [0.15, 0.2) is 0 Å². The Hall–Kier alpha value is -2.29. The fourth-order valence-corrected chi connectivity index (χ4v) is 3.18. The molecule has 2 aromatic rings. The second-order valence-electron chi connectivity index (χ2n) is 5.50. The van der Waals surface area contributed by atoms with Crippen LogP contribution in [0.1, 0.15) is 30.5 Å². The maximum Gasteiger partial charge on any atom is 0.308 e. The molecule has 0 fully saturated rings. The van der Waals surface area contributed by atoms with Gasteiger partial charge in [-0.2, -0.15) is 0 Å². The number of nitrogens with zero attached hydrogens (tertiary/aromatic N) is 1. The number of anilines is 1. The predicted molar refractivity (Wildman–Crippen MR) is 87.9 cm³/mol. The highest BCUT2D eigenvalue weighted by Crippen LogP contribution is 2.35. The lowest BCUT2D eigenvalue weighted by atomic mass is 9.90. The maximum absolute atomic E-state index is 12.0. The molecule has 0 N–H and O–H groups in total. The number of carbonyl (C=O) groups excluding carboxylic acids is 1. The molecular formula is C19H21NO2. The van der Waals surface area contributed by atoms with E-state index in [1.54, 1.807) is 0 Å². The van der Waals surface area contributed by atoms with Crippen molar-refractivity contribution in [2.24, 2.45) is 0 Å². The predicted octanol–water partition coefficient (Wildman–Crippen LogP) is 3.74. The number of ether oxygens (including phenoxy) is 1. The van der Waals surface area contributed by atoms with Crippen molar-refractivity contribution < 1.29 is 9.53 Å². The summed E-state index contributed by atoms with van der Waals surface area (Å²) in [7, 11) is 0. The van der Waals surface area contributed by atoms with Crippen molar-refractivity contribution >= 4 is 11.7 Å². The van der Waals surface area contributed by atoms with Crippen LogP contribution < -0.4 is 4.90 Å². The molecule has 0 saturated carbocycles. The van der Waals surface area contributed by atoms with E-state index >= 15 is 0 Å². The first-order chi connectivity index (χ1) is 10.8. The highest BCUT2D eigenvalue weighted by molar-refractivity contribution is 5.72. The van der Waals surface area contributed by atoms with Gasteiger partial charge in [-0.1, -0.05) is 42.5 Å². The Morgan fingerprint density at radius 2 is 1.86 bits per heavy atom. The van der Waals surface area contributed by atoms with Gasteiger partial charge in [-0.15, -0.1) is 0 Å². The Morgan fingerprint density at radius 3 is 2.64 bits per heavy atom. The second kappa shape index (κ2) is 6.65. The molecule has 1 aliphatic heterocycles. The smallest absolute Gasteiger partial charge is 0.308 e. The van der Waals surface area contributed by atoms with Crippen LogP contribution in [-0.4, -0.2) is 19.1 Å². The van der Waals surface area contributed by atoms with Crippen molar-refractivity contribution in [1.82, 2.24) is 0 Å². The Labute approximate surface area is 131 Å². The molecule has 0 spiro atoms. The third kappa shape index (κ3) is 2.98. The molecule has 1 heterocycles. The summed E-state index contributed by atoms with van der Waals surface area (Å²) in [6, 6.07) is 18.8. The zero-order valence-electron chi connectivity index (χ0n) is 12.9. The molecule has 0 amide bonds. The number of benzene rings is 2. The molecule has 3 nitrogen and oxygen atoms in total. The van der Waals surface area contributed by atoms with E-state index in [0.717, 1.165) is 18.7 Å². The van der Waals surface area contributed by atoms with Gasteiger partial charge < -0.3 is 9.64 Å². The van der Waals surface area contributed by atoms with E-state index < -0.39 is 0 Å². The van der Waals surface area contributed by atoms with Crippen LogP contribution in [0.4, 0.5) is 5.69 Å². The molecule has 1 unspecified atom stereocenters. The van der Waals surface area contributed by atoms with Crippen molar-refractivity contribution in [3.63, 3.8) is 0 Å². The van der Waals surface area contributed by atoms with Gasteiger partial charge in [0.05, 0.1) is 19.1 Å². The zero-order valence-corrected chi connectivity index (χ0v) is 12.9. The molecule has 0 aromatic heterocycles. The minimum Gasteiger partial charge on any atom is -0.466 e. The number of fused-ring (bicyclic) bond motifs is 1. The third-order valence-electron chi connectivity index (χ3n) is 4.17. The molecule has 1 aliphatic rings. The van der Waals surface area contributed by atoms with Crippen LogP contribution in [0, 0.1) is 0 Å². The van der Waals surface area contributed by atoms with Gasteiger partial charge in [-0.3, -0.25) is 4.79 Å². The van der Waals surface area contributed by atoms with Gasteiger partial charge >= 0.3 is 5.97 Å². The van der Waals surface area contributed by atoms with Crippen molar-refractivity contribution in [3.8, 4) is 0 Å². The topological polar surface area (TPSA) is 29.5 Å². The Kier molecular flexibility index (Phi) is 4.42.